The van der Waals surface area contributed by atoms with E-state index >= 15 is 0 Å². The van der Waals surface area contributed by atoms with E-state index in [1.807, 2.05) is 0 Å². The minimum Gasteiger partial charge on any atom is -0.398 e. The number of nitrogen functional groups attached to an aromatic ring is 1. The van der Waals surface area contributed by atoms with Crippen LogP contribution in [0.15, 0.2) is 35.2 Å². The second-order valence-electron chi connectivity index (χ2n) is 4.71. The Hall–Kier alpha value is -1.79. The van der Waals surface area contributed by atoms with Crippen molar-refractivity contribution < 1.29 is 12.8 Å². The van der Waals surface area contributed by atoms with Crippen LogP contribution >= 0.6 is 11.6 Å². The van der Waals surface area contributed by atoms with Crippen LogP contribution in [0.5, 0.6) is 0 Å². The highest BCUT2D eigenvalue weighted by Crippen LogP contribution is 2.27. The number of sulfonamides is 1. The van der Waals surface area contributed by atoms with E-state index in [1.54, 1.807) is 13.8 Å². The van der Waals surface area contributed by atoms with Gasteiger partial charge in [-0.3, -0.25) is 4.72 Å². The summed E-state index contributed by atoms with van der Waals surface area (Å²) in [5.74, 6) is -0.473. The standard InChI is InChI=1S/C14H14ClFN2O2S/c1-8-5-10(16)6-9(2)14(8)21(19,20)18-11-3-4-13(17)12(15)7-11/h3-7,18H,17H2,1-2H3. The van der Waals surface area contributed by atoms with E-state index in [1.165, 1.54) is 30.3 Å². The van der Waals surface area contributed by atoms with Gasteiger partial charge in [0.1, 0.15) is 5.82 Å². The number of benzene rings is 2. The zero-order chi connectivity index (χ0) is 15.8. The Morgan fingerprint density at radius 3 is 2.24 bits per heavy atom. The highest BCUT2D eigenvalue weighted by Gasteiger charge is 2.20. The normalized spacial score (nSPS) is 11.4. The van der Waals surface area contributed by atoms with Gasteiger partial charge in [-0.25, -0.2) is 12.8 Å². The first-order valence-electron chi connectivity index (χ1n) is 6.05. The fourth-order valence-electron chi connectivity index (χ4n) is 2.12. The quantitative estimate of drug-likeness (QED) is 0.847. The van der Waals surface area contributed by atoms with Crippen molar-refractivity contribution in [3.63, 3.8) is 0 Å². The monoisotopic (exact) mass is 328 g/mol. The van der Waals surface area contributed by atoms with E-state index < -0.39 is 15.8 Å². The summed E-state index contributed by atoms with van der Waals surface area (Å²) < 4.78 is 40.6. The van der Waals surface area contributed by atoms with Gasteiger partial charge in [0.05, 0.1) is 21.3 Å². The molecule has 0 radical (unpaired) electrons. The van der Waals surface area contributed by atoms with Gasteiger partial charge >= 0.3 is 0 Å². The molecule has 0 aliphatic carbocycles. The maximum Gasteiger partial charge on any atom is 0.262 e. The third-order valence-corrected chi connectivity index (χ3v) is 4.96. The summed E-state index contributed by atoms with van der Waals surface area (Å²) >= 11 is 5.86. The Kier molecular flexibility index (Phi) is 4.11. The molecule has 112 valence electrons. The largest absolute Gasteiger partial charge is 0.398 e. The first-order chi connectivity index (χ1) is 9.70. The molecule has 0 saturated carbocycles. The summed E-state index contributed by atoms with van der Waals surface area (Å²) in [6.45, 7) is 3.08. The number of hydrogen-bond donors (Lipinski definition) is 2. The number of aryl methyl sites for hydroxylation is 2. The number of anilines is 2. The summed E-state index contributed by atoms with van der Waals surface area (Å²) in [4.78, 5) is 0.0526. The molecule has 0 fully saturated rings. The minimum absolute atomic E-state index is 0.0526. The molecule has 0 spiro atoms. The molecule has 0 heterocycles. The molecule has 4 nitrogen and oxygen atoms in total. The van der Waals surface area contributed by atoms with Gasteiger partial charge in [0.2, 0.25) is 0 Å². The lowest BCUT2D eigenvalue weighted by atomic mass is 10.1. The van der Waals surface area contributed by atoms with Crippen molar-refractivity contribution in [2.75, 3.05) is 10.5 Å². The van der Waals surface area contributed by atoms with Crippen LogP contribution in [0.3, 0.4) is 0 Å². The van der Waals surface area contributed by atoms with Gasteiger partial charge in [0.25, 0.3) is 10.0 Å². The average Bonchev–Trinajstić information content (AvgIpc) is 2.31. The molecule has 0 unspecified atom stereocenters. The van der Waals surface area contributed by atoms with Crippen LogP contribution in [0.2, 0.25) is 5.02 Å². The predicted octanol–water partition coefficient (Wildman–Crippen LogP) is 3.48. The molecule has 2 aromatic rings. The van der Waals surface area contributed by atoms with Gasteiger partial charge in [-0.05, 0) is 55.3 Å². The van der Waals surface area contributed by atoms with Crippen LogP contribution in [0.25, 0.3) is 0 Å². The molecule has 2 aromatic carbocycles. The number of nitrogens with one attached hydrogen (secondary N) is 1. The van der Waals surface area contributed by atoms with Gasteiger partial charge < -0.3 is 5.73 Å². The SMILES string of the molecule is Cc1cc(F)cc(C)c1S(=O)(=O)Nc1ccc(N)c(Cl)c1. The maximum atomic E-state index is 13.3. The van der Waals surface area contributed by atoms with Crippen molar-refractivity contribution in [1.29, 1.82) is 0 Å². The van der Waals surface area contributed by atoms with Crippen molar-refractivity contribution in [2.45, 2.75) is 18.7 Å². The van der Waals surface area contributed by atoms with Gasteiger partial charge in [-0.2, -0.15) is 0 Å². The van der Waals surface area contributed by atoms with Crippen molar-refractivity contribution >= 4 is 33.0 Å². The zero-order valence-electron chi connectivity index (χ0n) is 11.4. The molecule has 0 saturated heterocycles. The number of nitrogens with two attached hydrogens (primary N) is 1. The molecular formula is C14H14ClFN2O2S. The lowest BCUT2D eigenvalue weighted by Crippen LogP contribution is -2.16. The fourth-order valence-corrected chi connectivity index (χ4v) is 3.80. The molecular weight excluding hydrogens is 315 g/mol. The lowest BCUT2D eigenvalue weighted by Gasteiger charge is -2.13. The molecule has 21 heavy (non-hydrogen) atoms. The summed E-state index contributed by atoms with van der Waals surface area (Å²) in [6.07, 6.45) is 0. The minimum atomic E-state index is -3.84. The van der Waals surface area contributed by atoms with E-state index in [9.17, 15) is 12.8 Å². The topological polar surface area (TPSA) is 72.2 Å². The second-order valence-corrected chi connectivity index (χ2v) is 6.74. The summed E-state index contributed by atoms with van der Waals surface area (Å²) in [5.41, 5.74) is 6.89. The molecule has 3 N–H and O–H groups in total. The average molecular weight is 329 g/mol. The van der Waals surface area contributed by atoms with Crippen LogP contribution in [0, 0.1) is 19.7 Å². The van der Waals surface area contributed by atoms with Crippen molar-refractivity contribution in [3.05, 3.63) is 52.3 Å². The molecule has 0 atom stereocenters. The highest BCUT2D eigenvalue weighted by molar-refractivity contribution is 7.92. The molecule has 0 aliphatic heterocycles. The number of hydrogen-bond acceptors (Lipinski definition) is 3. The van der Waals surface area contributed by atoms with Crippen LogP contribution in [0.4, 0.5) is 15.8 Å². The van der Waals surface area contributed by atoms with E-state index in [0.717, 1.165) is 0 Å². The van der Waals surface area contributed by atoms with E-state index in [-0.39, 0.29) is 15.6 Å². The summed E-state index contributed by atoms with van der Waals surface area (Å²) in [5, 5.41) is 0.253. The molecule has 7 heteroatoms. The molecule has 0 amide bonds. The Bertz CT molecular complexity index is 784. The number of rotatable bonds is 3. The van der Waals surface area contributed by atoms with Gasteiger partial charge in [0.15, 0.2) is 0 Å². The second kappa shape index (κ2) is 5.54. The van der Waals surface area contributed by atoms with Crippen molar-refractivity contribution in [1.82, 2.24) is 0 Å². The fraction of sp³-hybridized carbons (Fsp3) is 0.143. The molecule has 0 aliphatic rings. The lowest BCUT2D eigenvalue weighted by molar-refractivity contribution is 0.597. The third-order valence-electron chi connectivity index (χ3n) is 2.95. The van der Waals surface area contributed by atoms with E-state index in [4.69, 9.17) is 17.3 Å². The Labute approximate surface area is 127 Å². The first kappa shape index (κ1) is 15.6. The summed E-state index contributed by atoms with van der Waals surface area (Å²) in [6, 6.07) is 6.79. The first-order valence-corrected chi connectivity index (χ1v) is 7.91. The van der Waals surface area contributed by atoms with E-state index in [0.29, 0.717) is 16.8 Å². The van der Waals surface area contributed by atoms with Crippen molar-refractivity contribution in [3.8, 4) is 0 Å². The predicted molar refractivity (Wildman–Crippen MR) is 82.5 cm³/mol. The number of halogens is 2. The summed E-state index contributed by atoms with van der Waals surface area (Å²) in [7, 11) is -3.84. The smallest absolute Gasteiger partial charge is 0.262 e. The molecule has 0 aromatic heterocycles. The Morgan fingerprint density at radius 2 is 1.71 bits per heavy atom. The molecule has 0 bridgehead atoms. The van der Waals surface area contributed by atoms with Crippen LogP contribution in [-0.2, 0) is 10.0 Å². The van der Waals surface area contributed by atoms with E-state index in [2.05, 4.69) is 4.72 Å². The van der Waals surface area contributed by atoms with Gasteiger partial charge in [-0.15, -0.1) is 0 Å². The third kappa shape index (κ3) is 3.28. The maximum absolute atomic E-state index is 13.3. The Morgan fingerprint density at radius 1 is 1.14 bits per heavy atom. The van der Waals surface area contributed by atoms with Crippen LogP contribution in [-0.4, -0.2) is 8.42 Å². The highest BCUT2D eigenvalue weighted by atomic mass is 35.5. The van der Waals surface area contributed by atoms with Crippen molar-refractivity contribution in [2.24, 2.45) is 0 Å². The molecule has 2 rings (SSSR count). The van der Waals surface area contributed by atoms with Gasteiger partial charge in [0, 0.05) is 0 Å². The van der Waals surface area contributed by atoms with Gasteiger partial charge in [-0.1, -0.05) is 11.6 Å². The van der Waals surface area contributed by atoms with Crippen LogP contribution < -0.4 is 10.5 Å². The van der Waals surface area contributed by atoms with Crippen LogP contribution in [0.1, 0.15) is 11.1 Å². The zero-order valence-corrected chi connectivity index (χ0v) is 13.0. The Balaban J connectivity index is 2.46.